The van der Waals surface area contributed by atoms with Crippen LogP contribution in [0.1, 0.15) is 22.3 Å². The predicted molar refractivity (Wildman–Crippen MR) is 271 cm³/mol. The zero-order valence-corrected chi connectivity index (χ0v) is 35.9. The molecule has 0 atom stereocenters. The Balaban J connectivity index is 0.928. The first-order valence-corrected chi connectivity index (χ1v) is 22.6. The van der Waals surface area contributed by atoms with Crippen LogP contribution in [0.25, 0.3) is 100.0 Å². The predicted octanol–water partition coefficient (Wildman–Crippen LogP) is 16.2. The van der Waals surface area contributed by atoms with E-state index in [1.165, 1.54) is 55.5 Å². The fourth-order valence-electron chi connectivity index (χ4n) is 10.6. The van der Waals surface area contributed by atoms with Crippen molar-refractivity contribution in [3.63, 3.8) is 0 Å². The third-order valence-electron chi connectivity index (χ3n) is 13.6. The van der Waals surface area contributed by atoms with Crippen molar-refractivity contribution in [2.75, 3.05) is 0 Å². The van der Waals surface area contributed by atoms with Gasteiger partial charge in [0, 0.05) is 27.5 Å². The smallest absolute Gasteiger partial charge is 0.160 e. The summed E-state index contributed by atoms with van der Waals surface area (Å²) in [6, 6.07) is 87.2. The minimum atomic E-state index is -0.427. The van der Waals surface area contributed by atoms with E-state index in [1.807, 2.05) is 30.3 Å². The molecule has 0 spiro atoms. The second kappa shape index (κ2) is 15.3. The van der Waals surface area contributed by atoms with E-state index in [4.69, 9.17) is 14.4 Å². The quantitative estimate of drug-likeness (QED) is 0.160. The minimum Gasteiger partial charge on any atom is -0.456 e. The highest BCUT2D eigenvalue weighted by molar-refractivity contribution is 6.07. The lowest BCUT2D eigenvalue weighted by Gasteiger charge is -2.33. The van der Waals surface area contributed by atoms with Crippen molar-refractivity contribution in [1.29, 1.82) is 0 Å². The summed E-state index contributed by atoms with van der Waals surface area (Å²) < 4.78 is 6.19. The molecule has 0 saturated heterocycles. The maximum atomic E-state index is 6.19. The third kappa shape index (κ3) is 5.98. The van der Waals surface area contributed by atoms with Crippen molar-refractivity contribution in [3.05, 3.63) is 265 Å². The average Bonchev–Trinajstić information content (AvgIpc) is 3.92. The monoisotopic (exact) mass is 840 g/mol. The van der Waals surface area contributed by atoms with E-state index < -0.39 is 5.41 Å². The molecule has 3 heteroatoms. The van der Waals surface area contributed by atoms with Gasteiger partial charge in [0.15, 0.2) is 5.82 Å². The molecule has 1 aliphatic carbocycles. The van der Waals surface area contributed by atoms with Gasteiger partial charge in [-0.05, 0) is 109 Å². The molecule has 1 aliphatic rings. The van der Waals surface area contributed by atoms with Crippen molar-refractivity contribution in [2.45, 2.75) is 5.41 Å². The summed E-state index contributed by atoms with van der Waals surface area (Å²) in [6.07, 6.45) is 0. The lowest BCUT2D eigenvalue weighted by atomic mass is 9.67. The molecule has 0 radical (unpaired) electrons. The summed E-state index contributed by atoms with van der Waals surface area (Å²) in [4.78, 5) is 10.5. The topological polar surface area (TPSA) is 38.9 Å². The van der Waals surface area contributed by atoms with Crippen LogP contribution >= 0.6 is 0 Å². The minimum absolute atomic E-state index is 0.427. The summed E-state index contributed by atoms with van der Waals surface area (Å²) >= 11 is 0. The Morgan fingerprint density at radius 3 is 1.64 bits per heavy atom. The van der Waals surface area contributed by atoms with Gasteiger partial charge in [0.05, 0.1) is 16.8 Å². The van der Waals surface area contributed by atoms with Gasteiger partial charge < -0.3 is 4.42 Å². The first-order chi connectivity index (χ1) is 32.7. The Morgan fingerprint density at radius 2 is 0.848 bits per heavy atom. The number of furan rings is 1. The van der Waals surface area contributed by atoms with Crippen LogP contribution in [0.3, 0.4) is 0 Å². The van der Waals surface area contributed by atoms with Gasteiger partial charge in [-0.15, -0.1) is 0 Å². The van der Waals surface area contributed by atoms with Gasteiger partial charge >= 0.3 is 0 Å². The van der Waals surface area contributed by atoms with Crippen LogP contribution in [0.5, 0.6) is 0 Å². The van der Waals surface area contributed by atoms with Crippen LogP contribution < -0.4 is 0 Å². The van der Waals surface area contributed by atoms with E-state index in [0.717, 1.165) is 61.0 Å². The van der Waals surface area contributed by atoms with E-state index in [-0.39, 0.29) is 0 Å². The second-order valence-corrected chi connectivity index (χ2v) is 17.2. The van der Waals surface area contributed by atoms with E-state index >= 15 is 0 Å². The molecule has 13 rings (SSSR count). The maximum absolute atomic E-state index is 6.19. The Bertz CT molecular complexity index is 3780. The Hall–Kier alpha value is -8.66. The average molecular weight is 841 g/mol. The maximum Gasteiger partial charge on any atom is 0.160 e. The van der Waals surface area contributed by atoms with Crippen molar-refractivity contribution < 1.29 is 4.42 Å². The van der Waals surface area contributed by atoms with Crippen LogP contribution in [0, 0.1) is 0 Å². The molecule has 3 nitrogen and oxygen atoms in total. The Morgan fingerprint density at radius 1 is 0.288 bits per heavy atom. The summed E-state index contributed by atoms with van der Waals surface area (Å²) in [5.41, 5.74) is 18.5. The van der Waals surface area contributed by atoms with Crippen LogP contribution in [0.2, 0.25) is 0 Å². The summed E-state index contributed by atoms with van der Waals surface area (Å²) in [6.45, 7) is 0. The van der Waals surface area contributed by atoms with E-state index in [1.54, 1.807) is 0 Å². The highest BCUT2D eigenvalue weighted by atomic mass is 16.3. The van der Waals surface area contributed by atoms with E-state index in [2.05, 4.69) is 212 Å². The molecule has 2 heterocycles. The van der Waals surface area contributed by atoms with Gasteiger partial charge in [0.1, 0.15) is 11.2 Å². The lowest BCUT2D eigenvalue weighted by molar-refractivity contribution is 0.669. The number of aromatic nitrogens is 2. The number of nitrogens with zero attached hydrogens (tertiary/aromatic N) is 2. The number of hydrogen-bond donors (Lipinski definition) is 0. The number of rotatable bonds is 7. The summed E-state index contributed by atoms with van der Waals surface area (Å²) in [5.74, 6) is 0.683. The zero-order valence-electron chi connectivity index (χ0n) is 35.9. The fourth-order valence-corrected chi connectivity index (χ4v) is 10.6. The van der Waals surface area contributed by atoms with Gasteiger partial charge in [-0.25, -0.2) is 9.97 Å². The molecular weight excluding hydrogens is 801 g/mol. The fraction of sp³-hybridized carbons (Fsp3) is 0.0159. The Labute approximate surface area is 383 Å². The second-order valence-electron chi connectivity index (χ2n) is 17.2. The molecule has 2 aromatic heterocycles. The number of para-hydroxylation sites is 1. The molecule has 0 N–H and O–H groups in total. The van der Waals surface area contributed by atoms with Gasteiger partial charge in [0.2, 0.25) is 0 Å². The summed E-state index contributed by atoms with van der Waals surface area (Å²) in [5, 5.41) is 4.46. The molecule has 10 aromatic carbocycles. The molecule has 0 amide bonds. The third-order valence-corrected chi connectivity index (χ3v) is 13.6. The van der Waals surface area contributed by atoms with Crippen molar-refractivity contribution in [3.8, 4) is 67.3 Å². The van der Waals surface area contributed by atoms with Gasteiger partial charge in [0.25, 0.3) is 0 Å². The van der Waals surface area contributed by atoms with Crippen molar-refractivity contribution in [2.24, 2.45) is 0 Å². The zero-order chi connectivity index (χ0) is 43.6. The highest BCUT2D eigenvalue weighted by Crippen LogP contribution is 2.56. The molecule has 0 aliphatic heterocycles. The van der Waals surface area contributed by atoms with Crippen LogP contribution in [0.15, 0.2) is 247 Å². The first kappa shape index (κ1) is 37.9. The molecule has 12 aromatic rings. The molecule has 66 heavy (non-hydrogen) atoms. The SMILES string of the molecule is c1ccc(-c2nc(-c3ccc4oc5ccccc5c4c3)cc(-c3ccc(-c4cccc(-c5ccc6c(c5)-c5ccccc5C6(c5ccccc5)c5ccccc5)c4)c4ccccc34)n2)cc1. The lowest BCUT2D eigenvalue weighted by Crippen LogP contribution is -2.28. The standard InChI is InChI=1S/C63H40N2O/c1-4-17-41(18-5-1)62-64-58(45-32-36-61-55(39-45)53-28-13-15-30-60(53)66-61)40-59(65-62)52-34-33-48(49-25-10-11-26-50(49)52)44-20-16-19-42(37-44)43-31-35-57-54(38-43)51-27-12-14-29-56(51)63(57,46-21-6-2-7-22-46)47-23-8-3-9-24-47/h1-40H. The number of benzene rings is 10. The number of fused-ring (bicyclic) bond motifs is 7. The first-order valence-electron chi connectivity index (χ1n) is 22.6. The molecule has 0 bridgehead atoms. The highest BCUT2D eigenvalue weighted by Gasteiger charge is 2.46. The van der Waals surface area contributed by atoms with E-state index in [0.29, 0.717) is 5.82 Å². The van der Waals surface area contributed by atoms with Crippen LogP contribution in [-0.2, 0) is 5.41 Å². The molecular formula is C63H40N2O. The Kier molecular flexibility index (Phi) is 8.75. The molecule has 0 unspecified atom stereocenters. The van der Waals surface area contributed by atoms with E-state index in [9.17, 15) is 0 Å². The van der Waals surface area contributed by atoms with Gasteiger partial charge in [-0.3, -0.25) is 0 Å². The summed E-state index contributed by atoms with van der Waals surface area (Å²) in [7, 11) is 0. The number of hydrogen-bond acceptors (Lipinski definition) is 3. The molecule has 0 fully saturated rings. The van der Waals surface area contributed by atoms with Gasteiger partial charge in [-0.2, -0.15) is 0 Å². The van der Waals surface area contributed by atoms with Crippen molar-refractivity contribution >= 4 is 32.7 Å². The van der Waals surface area contributed by atoms with Crippen LogP contribution in [0.4, 0.5) is 0 Å². The van der Waals surface area contributed by atoms with Crippen LogP contribution in [-0.4, -0.2) is 9.97 Å². The van der Waals surface area contributed by atoms with Gasteiger partial charge in [-0.1, -0.05) is 200 Å². The molecule has 308 valence electrons. The largest absolute Gasteiger partial charge is 0.456 e. The van der Waals surface area contributed by atoms with Crippen molar-refractivity contribution in [1.82, 2.24) is 9.97 Å². The normalized spacial score (nSPS) is 12.7. The molecule has 0 saturated carbocycles.